The molecule has 26 heavy (non-hydrogen) atoms. The number of benzene rings is 2. The van der Waals surface area contributed by atoms with Gasteiger partial charge in [0.2, 0.25) is 0 Å². The smallest absolute Gasteiger partial charge is 0.339 e. The molecule has 1 heterocycles. The fourth-order valence-corrected chi connectivity index (χ4v) is 4.33. The molecule has 0 atom stereocenters. The zero-order valence-corrected chi connectivity index (χ0v) is 16.5. The molecule has 1 aliphatic rings. The fraction of sp³-hybridized carbons (Fsp3) is 0.111. The number of hydrogen-bond acceptors (Lipinski definition) is 6. The first kappa shape index (κ1) is 18.6. The van der Waals surface area contributed by atoms with E-state index < -0.39 is 10.1 Å². The molecule has 0 bridgehead atoms. The molecular formula is C18H15NO4S3. The molecule has 0 spiro atoms. The molecule has 5 nitrogen and oxygen atoms in total. The summed E-state index contributed by atoms with van der Waals surface area (Å²) in [5.41, 5.74) is 1.61. The summed E-state index contributed by atoms with van der Waals surface area (Å²) in [5.74, 6) is -0.00935. The summed E-state index contributed by atoms with van der Waals surface area (Å²) >= 11 is 6.30. The lowest BCUT2D eigenvalue weighted by Gasteiger charge is -2.08. The number of thioether (sulfide) groups is 1. The molecule has 2 aromatic rings. The minimum absolute atomic E-state index is 0.0837. The summed E-state index contributed by atoms with van der Waals surface area (Å²) in [6, 6.07) is 13.0. The van der Waals surface area contributed by atoms with Crippen molar-refractivity contribution >= 4 is 50.4 Å². The first-order valence-electron chi connectivity index (χ1n) is 7.59. The van der Waals surface area contributed by atoms with E-state index in [4.69, 9.17) is 16.4 Å². The van der Waals surface area contributed by atoms with Crippen LogP contribution < -0.4 is 4.18 Å². The van der Waals surface area contributed by atoms with Gasteiger partial charge in [-0.1, -0.05) is 53.8 Å². The van der Waals surface area contributed by atoms with Crippen LogP contribution in [0.2, 0.25) is 0 Å². The van der Waals surface area contributed by atoms with Crippen LogP contribution in [0.4, 0.5) is 0 Å². The van der Waals surface area contributed by atoms with E-state index in [9.17, 15) is 13.2 Å². The van der Waals surface area contributed by atoms with Gasteiger partial charge in [0.1, 0.15) is 15.0 Å². The molecule has 8 heteroatoms. The molecule has 0 saturated carbocycles. The van der Waals surface area contributed by atoms with Crippen LogP contribution in [0.15, 0.2) is 58.3 Å². The van der Waals surface area contributed by atoms with Crippen molar-refractivity contribution in [2.45, 2.75) is 11.8 Å². The lowest BCUT2D eigenvalue weighted by atomic mass is 10.2. The van der Waals surface area contributed by atoms with Crippen molar-refractivity contribution in [1.29, 1.82) is 0 Å². The molecular weight excluding hydrogens is 390 g/mol. The van der Waals surface area contributed by atoms with Gasteiger partial charge in [-0.3, -0.25) is 9.69 Å². The van der Waals surface area contributed by atoms with E-state index in [1.165, 1.54) is 28.8 Å². The zero-order valence-electron chi connectivity index (χ0n) is 14.0. The van der Waals surface area contributed by atoms with Crippen molar-refractivity contribution in [2.24, 2.45) is 0 Å². The highest BCUT2D eigenvalue weighted by Crippen LogP contribution is 2.32. The van der Waals surface area contributed by atoms with Gasteiger partial charge in [-0.15, -0.1) is 0 Å². The van der Waals surface area contributed by atoms with Gasteiger partial charge in [0.25, 0.3) is 5.91 Å². The first-order chi connectivity index (χ1) is 12.3. The van der Waals surface area contributed by atoms with Gasteiger partial charge < -0.3 is 4.18 Å². The average molecular weight is 406 g/mol. The molecule has 2 aromatic carbocycles. The molecule has 0 radical (unpaired) electrons. The zero-order chi connectivity index (χ0) is 18.9. The first-order valence-corrected chi connectivity index (χ1v) is 10.2. The number of amides is 1. The highest BCUT2D eigenvalue weighted by Gasteiger charge is 2.28. The Labute approximate surface area is 161 Å². The molecule has 0 aliphatic carbocycles. The van der Waals surface area contributed by atoms with E-state index in [2.05, 4.69) is 0 Å². The Morgan fingerprint density at radius 3 is 2.46 bits per heavy atom. The molecule has 134 valence electrons. The summed E-state index contributed by atoms with van der Waals surface area (Å²) in [6.45, 7) is 1.87. The van der Waals surface area contributed by atoms with Gasteiger partial charge in [-0.2, -0.15) is 8.42 Å². The van der Waals surface area contributed by atoms with Gasteiger partial charge in [0.05, 0.1) is 4.91 Å². The summed E-state index contributed by atoms with van der Waals surface area (Å²) in [7, 11) is -2.31. The van der Waals surface area contributed by atoms with E-state index >= 15 is 0 Å². The van der Waals surface area contributed by atoms with Crippen LogP contribution in [-0.4, -0.2) is 30.6 Å². The van der Waals surface area contributed by atoms with Crippen molar-refractivity contribution in [3.05, 3.63) is 64.6 Å². The number of thiocarbonyl (C=S) groups is 1. The largest absolute Gasteiger partial charge is 0.379 e. The lowest BCUT2D eigenvalue weighted by molar-refractivity contribution is -0.121. The number of hydrogen-bond donors (Lipinski definition) is 0. The Balaban J connectivity index is 1.85. The van der Waals surface area contributed by atoms with Gasteiger partial charge >= 0.3 is 10.1 Å². The summed E-state index contributed by atoms with van der Waals surface area (Å²) in [4.78, 5) is 14.0. The van der Waals surface area contributed by atoms with E-state index in [0.29, 0.717) is 14.8 Å². The SMILES string of the molecule is Cc1ccc(S(=O)(=O)Oc2cccc(/C=C3\SC(=S)N(C)C3=O)c2)cc1. The predicted molar refractivity (Wildman–Crippen MR) is 106 cm³/mol. The van der Waals surface area contributed by atoms with Crippen molar-refractivity contribution < 1.29 is 17.4 Å². The lowest BCUT2D eigenvalue weighted by Crippen LogP contribution is -2.22. The highest BCUT2D eigenvalue weighted by atomic mass is 32.2. The van der Waals surface area contributed by atoms with E-state index in [0.717, 1.165) is 5.56 Å². The van der Waals surface area contributed by atoms with Crippen LogP contribution in [0.1, 0.15) is 11.1 Å². The van der Waals surface area contributed by atoms with Crippen LogP contribution in [0.3, 0.4) is 0 Å². The van der Waals surface area contributed by atoms with Gasteiger partial charge in [0.15, 0.2) is 0 Å². The van der Waals surface area contributed by atoms with E-state index in [1.54, 1.807) is 49.5 Å². The average Bonchev–Trinajstić information content (AvgIpc) is 2.82. The third-order valence-corrected chi connectivity index (χ3v) is 6.40. The molecule has 0 aromatic heterocycles. The molecule has 1 amide bonds. The van der Waals surface area contributed by atoms with Gasteiger partial charge in [-0.05, 0) is 42.8 Å². The van der Waals surface area contributed by atoms with Crippen LogP contribution in [0.25, 0.3) is 6.08 Å². The standard InChI is InChI=1S/C18H15NO4S3/c1-12-6-8-15(9-7-12)26(21,22)23-14-5-3-4-13(10-14)11-16-17(20)19(2)18(24)25-16/h3-11H,1-2H3/b16-11-. The normalized spacial score (nSPS) is 16.4. The Morgan fingerprint density at radius 1 is 1.15 bits per heavy atom. The third-order valence-electron chi connectivity index (χ3n) is 3.66. The van der Waals surface area contributed by atoms with Gasteiger partial charge in [0, 0.05) is 7.05 Å². The van der Waals surface area contributed by atoms with E-state index in [1.807, 2.05) is 6.92 Å². The topological polar surface area (TPSA) is 63.7 Å². The minimum atomic E-state index is -3.92. The van der Waals surface area contributed by atoms with Crippen LogP contribution in [0.5, 0.6) is 5.75 Å². The van der Waals surface area contributed by atoms with Crippen LogP contribution in [0, 0.1) is 6.92 Å². The Morgan fingerprint density at radius 2 is 1.85 bits per heavy atom. The number of rotatable bonds is 4. The van der Waals surface area contributed by atoms with Crippen molar-refractivity contribution in [3.63, 3.8) is 0 Å². The van der Waals surface area contributed by atoms with Crippen LogP contribution in [-0.2, 0) is 14.9 Å². The second kappa shape index (κ2) is 7.22. The maximum Gasteiger partial charge on any atom is 0.339 e. The summed E-state index contributed by atoms with van der Waals surface area (Å²) in [6.07, 6.45) is 1.66. The Hall–Kier alpha value is -2.16. The van der Waals surface area contributed by atoms with E-state index in [-0.39, 0.29) is 16.6 Å². The molecule has 0 N–H and O–H groups in total. The molecule has 1 aliphatic heterocycles. The second-order valence-electron chi connectivity index (χ2n) is 5.66. The second-order valence-corrected chi connectivity index (χ2v) is 8.89. The molecule has 1 saturated heterocycles. The Kier molecular flexibility index (Phi) is 5.17. The predicted octanol–water partition coefficient (Wildman–Crippen LogP) is 3.59. The third kappa shape index (κ3) is 3.98. The maximum absolute atomic E-state index is 12.4. The van der Waals surface area contributed by atoms with Crippen LogP contribution >= 0.6 is 24.0 Å². The van der Waals surface area contributed by atoms with Crippen molar-refractivity contribution in [1.82, 2.24) is 4.90 Å². The quantitative estimate of drug-likeness (QED) is 0.440. The Bertz CT molecular complexity index is 1010. The summed E-state index contributed by atoms with van der Waals surface area (Å²) in [5, 5.41) is 0. The summed E-state index contributed by atoms with van der Waals surface area (Å²) < 4.78 is 30.5. The fourth-order valence-electron chi connectivity index (χ4n) is 2.23. The number of aryl methyl sites for hydroxylation is 1. The number of carbonyl (C=O) groups is 1. The minimum Gasteiger partial charge on any atom is -0.379 e. The number of nitrogens with zero attached hydrogens (tertiary/aromatic N) is 1. The monoisotopic (exact) mass is 405 g/mol. The van der Waals surface area contributed by atoms with Crippen molar-refractivity contribution in [2.75, 3.05) is 7.05 Å². The molecule has 0 unspecified atom stereocenters. The number of likely N-dealkylation sites (N-methyl/N-ethyl adjacent to an activating group) is 1. The number of carbonyl (C=O) groups excluding carboxylic acids is 1. The van der Waals surface area contributed by atoms with Gasteiger partial charge in [-0.25, -0.2) is 0 Å². The maximum atomic E-state index is 12.4. The molecule has 3 rings (SSSR count). The van der Waals surface area contributed by atoms with Crippen molar-refractivity contribution in [3.8, 4) is 5.75 Å². The highest BCUT2D eigenvalue weighted by molar-refractivity contribution is 8.26. The molecule has 1 fully saturated rings.